The molecule has 3 rings (SSSR count). The van der Waals surface area contributed by atoms with Crippen LogP contribution in [0.1, 0.15) is 21.5 Å². The lowest BCUT2D eigenvalue weighted by Crippen LogP contribution is -2.14. The number of halogens is 3. The lowest BCUT2D eigenvalue weighted by Gasteiger charge is -2.10. The lowest BCUT2D eigenvalue weighted by molar-refractivity contribution is -0.0790. The molecule has 3 nitrogen and oxygen atoms in total. The molecule has 0 aliphatic rings. The lowest BCUT2D eigenvalue weighted by atomic mass is 10.0. The van der Waals surface area contributed by atoms with Gasteiger partial charge in [-0.25, -0.2) is 0 Å². The molecule has 0 atom stereocenters. The average Bonchev–Trinajstić information content (AvgIpc) is 2.59. The van der Waals surface area contributed by atoms with Crippen LogP contribution in [0.4, 0.5) is 18.9 Å². The Morgan fingerprint density at radius 3 is 2.62 bits per heavy atom. The fourth-order valence-corrected chi connectivity index (χ4v) is 2.63. The van der Waals surface area contributed by atoms with Crippen LogP contribution in [-0.2, 0) is 0 Å². The molecule has 132 valence electrons. The number of carbonyl (C=O) groups is 1. The molecule has 0 fully saturated rings. The molecule has 0 spiro atoms. The van der Waals surface area contributed by atoms with E-state index in [1.165, 1.54) is 12.1 Å². The number of rotatable bonds is 3. The van der Waals surface area contributed by atoms with E-state index in [1.54, 1.807) is 25.3 Å². The molecular formula is C20H15F3N2O. The highest BCUT2D eigenvalue weighted by molar-refractivity contribution is 6.09. The highest BCUT2D eigenvalue weighted by Crippen LogP contribution is 2.23. The number of benzene rings is 2. The van der Waals surface area contributed by atoms with E-state index in [4.69, 9.17) is 0 Å². The predicted octanol–water partition coefficient (Wildman–Crippen LogP) is 5.37. The Bertz CT molecular complexity index is 989. The number of hydrogen-bond acceptors (Lipinski definition) is 2. The Morgan fingerprint density at radius 1 is 1.12 bits per heavy atom. The van der Waals surface area contributed by atoms with Gasteiger partial charge in [0.15, 0.2) is 0 Å². The predicted molar refractivity (Wildman–Crippen MR) is 96.0 cm³/mol. The van der Waals surface area contributed by atoms with Crippen LogP contribution >= 0.6 is 0 Å². The van der Waals surface area contributed by atoms with Crippen LogP contribution in [0.25, 0.3) is 17.0 Å². The van der Waals surface area contributed by atoms with Crippen molar-refractivity contribution in [2.45, 2.75) is 13.1 Å². The summed E-state index contributed by atoms with van der Waals surface area (Å²) in [6.07, 6.45) is -1.58. The largest absolute Gasteiger partial charge is 0.409 e. The van der Waals surface area contributed by atoms with Crippen molar-refractivity contribution in [1.82, 2.24) is 4.98 Å². The van der Waals surface area contributed by atoms with Crippen LogP contribution in [0.2, 0.25) is 0 Å². The summed E-state index contributed by atoms with van der Waals surface area (Å²) in [5.41, 5.74) is 2.60. The van der Waals surface area contributed by atoms with E-state index in [-0.39, 0.29) is 12.0 Å². The molecule has 1 heterocycles. The number of amides is 1. The van der Waals surface area contributed by atoms with Crippen LogP contribution in [-0.4, -0.2) is 17.1 Å². The molecule has 3 aromatic rings. The van der Waals surface area contributed by atoms with Crippen LogP contribution in [0.15, 0.2) is 60.8 Å². The van der Waals surface area contributed by atoms with Crippen molar-refractivity contribution in [3.8, 4) is 0 Å². The zero-order chi connectivity index (χ0) is 18.7. The highest BCUT2D eigenvalue weighted by Gasteiger charge is 2.21. The topological polar surface area (TPSA) is 42.0 Å². The summed E-state index contributed by atoms with van der Waals surface area (Å²) in [5, 5.41) is 3.72. The van der Waals surface area contributed by atoms with Gasteiger partial charge in [0.05, 0.1) is 11.2 Å². The molecule has 26 heavy (non-hydrogen) atoms. The molecule has 1 amide bonds. The molecule has 0 saturated carbocycles. The number of carbonyl (C=O) groups excluding carboxylic acids is 1. The Labute approximate surface area is 148 Å². The standard InChI is InChI=1S/C20H15F3N2O/c1-13-12-14(9-10-20(21,22)23)7-8-16(13)19(26)25-17-6-2-4-15-5-3-11-24-18(15)17/h2-12H,1H3,(H,25,26)/b10-9+. The van der Waals surface area contributed by atoms with Gasteiger partial charge in [0, 0.05) is 23.2 Å². The zero-order valence-electron chi connectivity index (χ0n) is 13.8. The van der Waals surface area contributed by atoms with Gasteiger partial charge in [-0.2, -0.15) is 13.2 Å². The van der Waals surface area contributed by atoms with Crippen molar-refractivity contribution in [3.05, 3.63) is 77.5 Å². The molecule has 1 aromatic heterocycles. The minimum atomic E-state index is -4.37. The van der Waals surface area contributed by atoms with Crippen molar-refractivity contribution in [2.24, 2.45) is 0 Å². The second kappa shape index (κ2) is 7.00. The Hall–Kier alpha value is -3.15. The van der Waals surface area contributed by atoms with Crippen LogP contribution < -0.4 is 5.32 Å². The molecule has 0 aliphatic heterocycles. The van der Waals surface area contributed by atoms with Gasteiger partial charge in [0.2, 0.25) is 0 Å². The van der Waals surface area contributed by atoms with Gasteiger partial charge in [-0.05, 0) is 36.2 Å². The summed E-state index contributed by atoms with van der Waals surface area (Å²) >= 11 is 0. The quantitative estimate of drug-likeness (QED) is 0.685. The first-order valence-electron chi connectivity index (χ1n) is 7.85. The van der Waals surface area contributed by atoms with E-state index < -0.39 is 6.18 Å². The van der Waals surface area contributed by atoms with Crippen LogP contribution in [0, 0.1) is 6.92 Å². The van der Waals surface area contributed by atoms with Crippen LogP contribution in [0.5, 0.6) is 0 Å². The number of aryl methyl sites for hydroxylation is 1. The summed E-state index contributed by atoms with van der Waals surface area (Å²) in [5.74, 6) is -0.341. The number of para-hydroxylation sites is 1. The summed E-state index contributed by atoms with van der Waals surface area (Å²) in [6.45, 7) is 1.68. The minimum Gasteiger partial charge on any atom is -0.320 e. The number of fused-ring (bicyclic) bond motifs is 1. The van der Waals surface area contributed by atoms with Gasteiger partial charge in [-0.15, -0.1) is 0 Å². The van der Waals surface area contributed by atoms with Gasteiger partial charge in [0.25, 0.3) is 5.91 Å². The molecule has 1 N–H and O–H groups in total. The number of pyridine rings is 1. The molecular weight excluding hydrogens is 341 g/mol. The summed E-state index contributed by atoms with van der Waals surface area (Å²) in [6, 6.07) is 13.7. The summed E-state index contributed by atoms with van der Waals surface area (Å²) in [4.78, 5) is 16.9. The number of allylic oxidation sites excluding steroid dienone is 1. The zero-order valence-corrected chi connectivity index (χ0v) is 13.8. The van der Waals surface area contributed by atoms with Gasteiger partial charge in [0.1, 0.15) is 0 Å². The van der Waals surface area contributed by atoms with Crippen molar-refractivity contribution in [2.75, 3.05) is 5.32 Å². The number of nitrogens with one attached hydrogen (secondary N) is 1. The molecule has 0 bridgehead atoms. The first-order chi connectivity index (χ1) is 12.3. The van der Waals surface area contributed by atoms with E-state index in [0.29, 0.717) is 27.9 Å². The Morgan fingerprint density at radius 2 is 1.88 bits per heavy atom. The van der Waals surface area contributed by atoms with E-state index in [0.717, 1.165) is 11.5 Å². The van der Waals surface area contributed by atoms with Crippen molar-refractivity contribution < 1.29 is 18.0 Å². The number of anilines is 1. The molecule has 6 heteroatoms. The SMILES string of the molecule is Cc1cc(/C=C/C(F)(F)F)ccc1C(=O)Nc1cccc2cccnc12. The van der Waals surface area contributed by atoms with Gasteiger partial charge < -0.3 is 5.32 Å². The first-order valence-corrected chi connectivity index (χ1v) is 7.85. The maximum atomic E-state index is 12.6. The third kappa shape index (κ3) is 4.08. The summed E-state index contributed by atoms with van der Waals surface area (Å²) < 4.78 is 36.8. The van der Waals surface area contributed by atoms with E-state index in [9.17, 15) is 18.0 Å². The molecule has 0 saturated heterocycles. The monoisotopic (exact) mass is 356 g/mol. The number of nitrogens with zero attached hydrogens (tertiary/aromatic N) is 1. The second-order valence-electron chi connectivity index (χ2n) is 5.78. The van der Waals surface area contributed by atoms with E-state index in [2.05, 4.69) is 10.3 Å². The smallest absolute Gasteiger partial charge is 0.320 e. The van der Waals surface area contributed by atoms with E-state index in [1.807, 2.05) is 24.3 Å². The Balaban J connectivity index is 1.85. The normalized spacial score (nSPS) is 11.8. The first kappa shape index (κ1) is 17.7. The minimum absolute atomic E-state index is 0.170. The van der Waals surface area contributed by atoms with Crippen molar-refractivity contribution in [1.29, 1.82) is 0 Å². The summed E-state index contributed by atoms with van der Waals surface area (Å²) in [7, 11) is 0. The highest BCUT2D eigenvalue weighted by atomic mass is 19.4. The van der Waals surface area contributed by atoms with Crippen molar-refractivity contribution in [3.63, 3.8) is 0 Å². The third-order valence-electron chi connectivity index (χ3n) is 3.84. The number of hydrogen-bond donors (Lipinski definition) is 1. The van der Waals surface area contributed by atoms with Gasteiger partial charge in [-0.3, -0.25) is 9.78 Å². The molecule has 0 aliphatic carbocycles. The van der Waals surface area contributed by atoms with Crippen molar-refractivity contribution >= 4 is 28.6 Å². The van der Waals surface area contributed by atoms with E-state index >= 15 is 0 Å². The number of aromatic nitrogens is 1. The van der Waals surface area contributed by atoms with Gasteiger partial charge in [-0.1, -0.05) is 36.4 Å². The molecule has 0 radical (unpaired) electrons. The maximum absolute atomic E-state index is 12.6. The van der Waals surface area contributed by atoms with Gasteiger partial charge >= 0.3 is 6.18 Å². The molecule has 2 aromatic carbocycles. The Kier molecular flexibility index (Phi) is 4.75. The number of alkyl halides is 3. The van der Waals surface area contributed by atoms with Crippen LogP contribution in [0.3, 0.4) is 0 Å². The second-order valence-corrected chi connectivity index (χ2v) is 5.78. The fourth-order valence-electron chi connectivity index (χ4n) is 2.63. The fraction of sp³-hybridized carbons (Fsp3) is 0.100. The molecule has 0 unspecified atom stereocenters. The maximum Gasteiger partial charge on any atom is 0.409 e. The average molecular weight is 356 g/mol. The third-order valence-corrected chi connectivity index (χ3v) is 3.84.